The Bertz CT molecular complexity index is 668. The molecule has 0 aliphatic heterocycles. The van der Waals surface area contributed by atoms with Crippen LogP contribution in [0, 0.1) is 0 Å². The van der Waals surface area contributed by atoms with Crippen molar-refractivity contribution < 1.29 is 13.2 Å². The number of hydrazine groups is 1. The molecule has 0 amide bonds. The summed E-state index contributed by atoms with van der Waals surface area (Å²) < 4.78 is 37.9. The van der Waals surface area contributed by atoms with E-state index in [1.54, 1.807) is 0 Å². The van der Waals surface area contributed by atoms with Crippen LogP contribution in [0.1, 0.15) is 38.8 Å². The molecule has 0 radical (unpaired) electrons. The molecular weight excluding hydrogens is 325 g/mol. The quantitative estimate of drug-likeness (QED) is 0.717. The fraction of sp³-hybridized carbons (Fsp3) is 0.400. The van der Waals surface area contributed by atoms with Gasteiger partial charge >= 0.3 is 6.18 Å². The Morgan fingerprint density at radius 3 is 1.72 bits per heavy atom. The van der Waals surface area contributed by atoms with Crippen molar-refractivity contribution in [3.05, 3.63) is 59.7 Å². The minimum absolute atomic E-state index is 0.00379. The Hall–Kier alpha value is -1.85. The fourth-order valence-electron chi connectivity index (χ4n) is 2.58. The predicted octanol–water partition coefficient (Wildman–Crippen LogP) is 5.50. The smallest absolute Gasteiger partial charge is 0.250 e. The van der Waals surface area contributed by atoms with Gasteiger partial charge in [-0.3, -0.25) is 0 Å². The summed E-state index contributed by atoms with van der Waals surface area (Å²) in [7, 11) is 0. The van der Waals surface area contributed by atoms with E-state index < -0.39 is 11.7 Å². The summed E-state index contributed by atoms with van der Waals surface area (Å²) in [6, 6.07) is 13.2. The van der Waals surface area contributed by atoms with E-state index in [0.29, 0.717) is 0 Å². The van der Waals surface area contributed by atoms with Crippen molar-refractivity contribution in [1.82, 2.24) is 10.4 Å². The second kappa shape index (κ2) is 7.58. The van der Waals surface area contributed by atoms with Crippen molar-refractivity contribution in [2.45, 2.75) is 46.0 Å². The first-order valence-corrected chi connectivity index (χ1v) is 8.38. The Morgan fingerprint density at radius 1 is 0.840 bits per heavy atom. The predicted molar refractivity (Wildman–Crippen MR) is 95.9 cm³/mol. The Kier molecular flexibility index (Phi) is 5.91. The van der Waals surface area contributed by atoms with Crippen LogP contribution >= 0.6 is 0 Å². The lowest BCUT2D eigenvalue weighted by atomic mass is 10.0. The normalized spacial score (nSPS) is 12.6. The van der Waals surface area contributed by atoms with Gasteiger partial charge in [-0.15, -0.1) is 0 Å². The van der Waals surface area contributed by atoms with Crippen LogP contribution in [0.15, 0.2) is 48.5 Å². The molecule has 2 aromatic rings. The van der Waals surface area contributed by atoms with Gasteiger partial charge in [0.2, 0.25) is 0 Å². The van der Waals surface area contributed by atoms with Gasteiger partial charge in [-0.25, -0.2) is 10.4 Å². The third-order valence-electron chi connectivity index (χ3n) is 3.75. The van der Waals surface area contributed by atoms with E-state index in [-0.39, 0.29) is 5.54 Å². The van der Waals surface area contributed by atoms with Gasteiger partial charge in [0.15, 0.2) is 0 Å². The highest BCUT2D eigenvalue weighted by Gasteiger charge is 2.29. The van der Waals surface area contributed by atoms with Crippen LogP contribution in [0.5, 0.6) is 0 Å². The summed E-state index contributed by atoms with van der Waals surface area (Å²) in [5.41, 5.74) is 5.65. The molecule has 0 atom stereocenters. The number of hydrogen-bond donors (Lipinski definition) is 1. The maximum atomic E-state index is 12.6. The first-order chi connectivity index (χ1) is 11.6. The molecule has 0 heterocycles. The molecule has 0 unspecified atom stereocenters. The van der Waals surface area contributed by atoms with Crippen molar-refractivity contribution >= 4 is 0 Å². The lowest BCUT2D eigenvalue weighted by Gasteiger charge is -2.31. The second-order valence-electron chi connectivity index (χ2n) is 7.15. The van der Waals surface area contributed by atoms with Gasteiger partial charge in [0.1, 0.15) is 0 Å². The monoisotopic (exact) mass is 350 g/mol. The number of nitrogens with one attached hydrogen (secondary N) is 1. The topological polar surface area (TPSA) is 15.3 Å². The van der Waals surface area contributed by atoms with Crippen LogP contribution in [0.2, 0.25) is 0 Å². The zero-order valence-electron chi connectivity index (χ0n) is 15.1. The molecule has 2 aromatic carbocycles. The number of benzene rings is 2. The second-order valence-corrected chi connectivity index (χ2v) is 7.15. The van der Waals surface area contributed by atoms with Gasteiger partial charge in [0, 0.05) is 18.6 Å². The summed E-state index contributed by atoms with van der Waals surface area (Å²) in [4.78, 5) is 0. The number of halogens is 3. The first-order valence-electron chi connectivity index (χ1n) is 8.38. The summed E-state index contributed by atoms with van der Waals surface area (Å²) in [5.74, 6) is 0. The van der Waals surface area contributed by atoms with Crippen molar-refractivity contribution in [3.63, 3.8) is 0 Å². The molecule has 0 fully saturated rings. The number of alkyl halides is 3. The summed E-state index contributed by atoms with van der Waals surface area (Å²) in [5, 5.41) is 2.15. The standard InChI is InChI=1S/C20H25F3N2/c1-5-25(24-19(2,3)4)14-15-6-8-16(9-7-15)17-10-12-18(13-11-17)20(21,22)23/h6-13,24H,5,14H2,1-4H3. The van der Waals surface area contributed by atoms with Crippen LogP contribution in [0.4, 0.5) is 13.2 Å². The fourth-order valence-corrected chi connectivity index (χ4v) is 2.58. The van der Waals surface area contributed by atoms with Gasteiger partial charge in [0.25, 0.3) is 0 Å². The zero-order valence-corrected chi connectivity index (χ0v) is 15.1. The van der Waals surface area contributed by atoms with E-state index in [0.717, 1.165) is 41.9 Å². The highest BCUT2D eigenvalue weighted by molar-refractivity contribution is 5.64. The summed E-state index contributed by atoms with van der Waals surface area (Å²) in [6.07, 6.45) is -4.30. The van der Waals surface area contributed by atoms with Crippen molar-refractivity contribution in [1.29, 1.82) is 0 Å². The molecule has 0 saturated heterocycles. The molecule has 0 spiro atoms. The molecule has 5 heteroatoms. The number of hydrogen-bond acceptors (Lipinski definition) is 2. The third-order valence-corrected chi connectivity index (χ3v) is 3.75. The number of rotatable bonds is 5. The van der Waals surface area contributed by atoms with Gasteiger partial charge in [-0.1, -0.05) is 43.3 Å². The van der Waals surface area contributed by atoms with Crippen LogP contribution in [-0.2, 0) is 12.7 Å². The van der Waals surface area contributed by atoms with Crippen molar-refractivity contribution in [2.75, 3.05) is 6.54 Å². The molecule has 0 aromatic heterocycles. The molecule has 0 aliphatic carbocycles. The zero-order chi connectivity index (χ0) is 18.7. The molecule has 25 heavy (non-hydrogen) atoms. The molecule has 0 aliphatic rings. The van der Waals surface area contributed by atoms with Gasteiger partial charge in [-0.05, 0) is 49.6 Å². The summed E-state index contributed by atoms with van der Waals surface area (Å²) in [6.45, 7) is 10.1. The SMILES string of the molecule is CCN(Cc1ccc(-c2ccc(C(F)(F)F)cc2)cc1)NC(C)(C)C. The van der Waals surface area contributed by atoms with E-state index in [9.17, 15) is 13.2 Å². The molecule has 1 N–H and O–H groups in total. The van der Waals surface area contributed by atoms with Crippen LogP contribution < -0.4 is 5.43 Å². The Labute approximate surface area is 147 Å². The molecule has 136 valence electrons. The Balaban J connectivity index is 2.09. The Morgan fingerprint density at radius 2 is 1.32 bits per heavy atom. The van der Waals surface area contributed by atoms with Gasteiger partial charge in [-0.2, -0.15) is 13.2 Å². The van der Waals surface area contributed by atoms with E-state index in [4.69, 9.17) is 0 Å². The van der Waals surface area contributed by atoms with Crippen LogP contribution in [0.3, 0.4) is 0 Å². The van der Waals surface area contributed by atoms with Crippen molar-refractivity contribution in [3.8, 4) is 11.1 Å². The van der Waals surface area contributed by atoms with E-state index >= 15 is 0 Å². The van der Waals surface area contributed by atoms with Crippen molar-refractivity contribution in [2.24, 2.45) is 0 Å². The first kappa shape index (κ1) is 19.5. The maximum absolute atomic E-state index is 12.6. The number of nitrogens with zero attached hydrogens (tertiary/aromatic N) is 1. The van der Waals surface area contributed by atoms with Crippen LogP contribution in [-0.4, -0.2) is 17.1 Å². The van der Waals surface area contributed by atoms with Gasteiger partial charge in [0.05, 0.1) is 5.56 Å². The average molecular weight is 350 g/mol. The molecule has 2 nitrogen and oxygen atoms in total. The lowest BCUT2D eigenvalue weighted by Crippen LogP contribution is -2.48. The molecule has 0 saturated carbocycles. The van der Waals surface area contributed by atoms with E-state index in [2.05, 4.69) is 38.1 Å². The highest BCUT2D eigenvalue weighted by atomic mass is 19.4. The maximum Gasteiger partial charge on any atom is 0.416 e. The molecule has 2 rings (SSSR count). The third kappa shape index (κ3) is 5.87. The van der Waals surface area contributed by atoms with E-state index in [1.807, 2.05) is 24.3 Å². The van der Waals surface area contributed by atoms with Gasteiger partial charge < -0.3 is 0 Å². The minimum Gasteiger partial charge on any atom is -0.250 e. The highest BCUT2D eigenvalue weighted by Crippen LogP contribution is 2.31. The minimum atomic E-state index is -4.30. The van der Waals surface area contributed by atoms with Crippen LogP contribution in [0.25, 0.3) is 11.1 Å². The van der Waals surface area contributed by atoms with E-state index in [1.165, 1.54) is 12.1 Å². The summed E-state index contributed by atoms with van der Waals surface area (Å²) >= 11 is 0. The molecular formula is C20H25F3N2. The largest absolute Gasteiger partial charge is 0.416 e. The molecule has 0 bridgehead atoms. The average Bonchev–Trinajstić information content (AvgIpc) is 2.53. The lowest BCUT2D eigenvalue weighted by molar-refractivity contribution is -0.137.